The van der Waals surface area contributed by atoms with E-state index in [1.165, 1.54) is 0 Å². The maximum absolute atomic E-state index is 10.3. The predicted octanol–water partition coefficient (Wildman–Crippen LogP) is -2.01. The van der Waals surface area contributed by atoms with Gasteiger partial charge in [0.1, 0.15) is 20.2 Å². The molecule has 0 saturated heterocycles. The molecule has 0 aliphatic heterocycles. The standard InChI is InChI=1S/C3H6O7S2.Co/c1-2(4)3(11(5,6)7)12(8,9)10;/h3H,1H3,(H,5,6,7)(H,8,9,10);/q;+2/p-2. The van der Waals surface area contributed by atoms with Crippen molar-refractivity contribution < 1.29 is 47.5 Å². The Kier molecular flexibility index (Phi) is 5.33. The van der Waals surface area contributed by atoms with Gasteiger partial charge in [-0.05, 0) is 6.92 Å². The van der Waals surface area contributed by atoms with Crippen LogP contribution in [0.15, 0.2) is 0 Å². The van der Waals surface area contributed by atoms with Crippen LogP contribution in [-0.2, 0) is 41.8 Å². The van der Waals surface area contributed by atoms with Crippen LogP contribution in [0.5, 0.6) is 0 Å². The first-order chi connectivity index (χ1) is 5.07. The van der Waals surface area contributed by atoms with Crippen LogP contribution < -0.4 is 0 Å². The summed E-state index contributed by atoms with van der Waals surface area (Å²) in [5, 5.41) is 0. The van der Waals surface area contributed by atoms with Gasteiger partial charge in [-0.15, -0.1) is 0 Å². The van der Waals surface area contributed by atoms with Crippen LogP contribution in [0.25, 0.3) is 0 Å². The normalized spacial score (nSPS) is 12.3. The van der Waals surface area contributed by atoms with Gasteiger partial charge < -0.3 is 9.11 Å². The Morgan fingerprint density at radius 2 is 1.31 bits per heavy atom. The Hall–Kier alpha value is -0.00351. The summed E-state index contributed by atoms with van der Waals surface area (Å²) in [5.41, 5.74) is 0. The van der Waals surface area contributed by atoms with Crippen LogP contribution in [0.4, 0.5) is 0 Å². The van der Waals surface area contributed by atoms with E-state index in [-0.39, 0.29) is 16.8 Å². The Morgan fingerprint density at radius 1 is 1.08 bits per heavy atom. The van der Waals surface area contributed by atoms with E-state index in [1.54, 1.807) is 0 Å². The maximum Gasteiger partial charge on any atom is 2.00 e. The van der Waals surface area contributed by atoms with Crippen molar-refractivity contribution in [2.75, 3.05) is 0 Å². The van der Waals surface area contributed by atoms with E-state index in [4.69, 9.17) is 0 Å². The Morgan fingerprint density at radius 3 is 1.31 bits per heavy atom. The third kappa shape index (κ3) is 4.68. The van der Waals surface area contributed by atoms with Gasteiger partial charge >= 0.3 is 16.8 Å². The average molecular weight is 275 g/mol. The molecule has 79 valence electrons. The third-order valence-corrected chi connectivity index (χ3v) is 3.98. The molecule has 0 fully saturated rings. The summed E-state index contributed by atoms with van der Waals surface area (Å²) in [7, 11) is -10.8. The van der Waals surface area contributed by atoms with Crippen LogP contribution in [0.3, 0.4) is 0 Å². The van der Waals surface area contributed by atoms with E-state index in [0.717, 1.165) is 0 Å². The Bertz CT molecular complexity index is 346. The maximum atomic E-state index is 10.3. The second kappa shape index (κ2) is 4.48. The molecule has 10 heteroatoms. The minimum Gasteiger partial charge on any atom is -0.747 e. The van der Waals surface area contributed by atoms with Crippen molar-refractivity contribution in [3.63, 3.8) is 0 Å². The summed E-state index contributed by atoms with van der Waals surface area (Å²) in [4.78, 5) is 10.3. The molecule has 0 unspecified atom stereocenters. The first kappa shape index (κ1) is 15.5. The zero-order valence-corrected chi connectivity index (χ0v) is 8.76. The Balaban J connectivity index is 0. The van der Waals surface area contributed by atoms with Crippen LogP contribution in [0.1, 0.15) is 6.92 Å². The summed E-state index contributed by atoms with van der Waals surface area (Å²) in [5.74, 6) is -1.50. The van der Waals surface area contributed by atoms with Crippen LogP contribution in [-0.4, -0.2) is 36.3 Å². The molecule has 0 atom stereocenters. The summed E-state index contributed by atoms with van der Waals surface area (Å²) >= 11 is 0. The zero-order chi connectivity index (χ0) is 10.2. The molecular weight excluding hydrogens is 271 g/mol. The van der Waals surface area contributed by atoms with Crippen LogP contribution in [0.2, 0.25) is 0 Å². The van der Waals surface area contributed by atoms with Gasteiger partial charge in [0.2, 0.25) is 0 Å². The van der Waals surface area contributed by atoms with Crippen LogP contribution >= 0.6 is 0 Å². The van der Waals surface area contributed by atoms with Crippen molar-refractivity contribution in [2.24, 2.45) is 0 Å². The average Bonchev–Trinajstić information content (AvgIpc) is 1.49. The monoisotopic (exact) mass is 275 g/mol. The molecule has 0 spiro atoms. The van der Waals surface area contributed by atoms with E-state index in [9.17, 15) is 30.7 Å². The van der Waals surface area contributed by atoms with Crippen molar-refractivity contribution >= 4 is 26.0 Å². The fourth-order valence-corrected chi connectivity index (χ4v) is 2.52. The number of ketones is 1. The first-order valence-electron chi connectivity index (χ1n) is 2.46. The number of carbonyl (C=O) groups is 1. The van der Waals surface area contributed by atoms with Crippen molar-refractivity contribution in [2.45, 2.75) is 11.5 Å². The summed E-state index contributed by atoms with van der Waals surface area (Å²) in [6.07, 6.45) is 0. The molecule has 7 nitrogen and oxygen atoms in total. The molecule has 0 aliphatic carbocycles. The second-order valence-electron chi connectivity index (χ2n) is 1.93. The third-order valence-electron chi connectivity index (χ3n) is 0.856. The van der Waals surface area contributed by atoms with Gasteiger partial charge in [-0.25, -0.2) is 16.8 Å². The number of hydrogen-bond donors (Lipinski definition) is 0. The smallest absolute Gasteiger partial charge is 0.747 e. The minimum absolute atomic E-state index is 0. The fraction of sp³-hybridized carbons (Fsp3) is 0.667. The fourth-order valence-electron chi connectivity index (χ4n) is 0.551. The Labute approximate surface area is 85.2 Å². The van der Waals surface area contributed by atoms with Crippen molar-refractivity contribution in [1.29, 1.82) is 0 Å². The molecule has 0 rings (SSSR count). The molecule has 0 bridgehead atoms. The quantitative estimate of drug-likeness (QED) is 0.543. The number of Topliss-reactive ketones (excluding diaryl/α,β-unsaturated/α-hetero) is 1. The van der Waals surface area contributed by atoms with E-state index in [1.807, 2.05) is 0 Å². The molecule has 0 amide bonds. The van der Waals surface area contributed by atoms with E-state index >= 15 is 0 Å². The first-order valence-corrected chi connectivity index (χ1v) is 5.41. The minimum atomic E-state index is -5.42. The summed E-state index contributed by atoms with van der Waals surface area (Å²) in [6.45, 7) is 0.537. The summed E-state index contributed by atoms with van der Waals surface area (Å²) < 4.78 is 57.4. The SMILES string of the molecule is CC(=O)C(S(=O)(=O)[O-])S(=O)(=O)[O-].[Co+2]. The van der Waals surface area contributed by atoms with Gasteiger partial charge in [0.25, 0.3) is 0 Å². The molecular formula is C3H4CoO7S2. The van der Waals surface area contributed by atoms with Gasteiger partial charge in [0, 0.05) is 0 Å². The largest absolute Gasteiger partial charge is 2.00 e. The van der Waals surface area contributed by atoms with E-state index in [0.29, 0.717) is 6.92 Å². The number of rotatable bonds is 3. The number of carbonyl (C=O) groups excluding carboxylic acids is 1. The summed E-state index contributed by atoms with van der Waals surface area (Å²) in [6, 6.07) is 0. The molecule has 0 aromatic rings. The molecule has 13 heavy (non-hydrogen) atoms. The van der Waals surface area contributed by atoms with Crippen LogP contribution in [0, 0.1) is 0 Å². The van der Waals surface area contributed by atoms with E-state index in [2.05, 4.69) is 0 Å². The zero-order valence-electron chi connectivity index (χ0n) is 6.08. The molecule has 0 saturated carbocycles. The molecule has 1 radical (unpaired) electrons. The van der Waals surface area contributed by atoms with Crippen molar-refractivity contribution in [1.82, 2.24) is 0 Å². The number of hydrogen-bond acceptors (Lipinski definition) is 7. The predicted molar refractivity (Wildman–Crippen MR) is 33.9 cm³/mol. The van der Waals surface area contributed by atoms with Gasteiger partial charge in [0.15, 0.2) is 10.4 Å². The van der Waals surface area contributed by atoms with Gasteiger partial charge in [-0.3, -0.25) is 4.79 Å². The second-order valence-corrected chi connectivity index (χ2v) is 5.14. The van der Waals surface area contributed by atoms with Gasteiger partial charge in [0.05, 0.1) is 0 Å². The van der Waals surface area contributed by atoms with E-state index < -0.39 is 30.6 Å². The molecule has 0 aliphatic rings. The molecule has 0 aromatic heterocycles. The van der Waals surface area contributed by atoms with Crippen molar-refractivity contribution in [3.05, 3.63) is 0 Å². The van der Waals surface area contributed by atoms with Crippen molar-refractivity contribution in [3.8, 4) is 0 Å². The topological polar surface area (TPSA) is 131 Å². The molecule has 0 aromatic carbocycles. The van der Waals surface area contributed by atoms with Gasteiger partial charge in [-0.1, -0.05) is 0 Å². The molecule has 0 N–H and O–H groups in total. The molecule has 0 heterocycles. The van der Waals surface area contributed by atoms with Gasteiger partial charge in [-0.2, -0.15) is 0 Å².